The lowest BCUT2D eigenvalue weighted by molar-refractivity contribution is 0.0526. The van der Waals surface area contributed by atoms with Crippen LogP contribution in [0, 0.1) is 6.92 Å². The lowest BCUT2D eigenvalue weighted by atomic mass is 9.89. The largest absolute Gasteiger partial charge is 0.462 e. The third-order valence-corrected chi connectivity index (χ3v) is 5.00. The summed E-state index contributed by atoms with van der Waals surface area (Å²) >= 11 is 0. The Morgan fingerprint density at radius 3 is 3.04 bits per heavy atom. The van der Waals surface area contributed by atoms with E-state index in [1.165, 1.54) is 0 Å². The van der Waals surface area contributed by atoms with Gasteiger partial charge in [-0.2, -0.15) is 5.10 Å². The molecule has 28 heavy (non-hydrogen) atoms. The Labute approximate surface area is 164 Å². The highest BCUT2D eigenvalue weighted by Gasteiger charge is 2.31. The second-order valence-corrected chi connectivity index (χ2v) is 7.11. The van der Waals surface area contributed by atoms with Gasteiger partial charge in [-0.05, 0) is 51.0 Å². The monoisotopic (exact) mass is 374 g/mol. The Hall–Kier alpha value is -3.28. The van der Waals surface area contributed by atoms with Gasteiger partial charge in [-0.25, -0.2) is 9.48 Å². The fraction of sp³-hybridized carbons (Fsp3) is 0.273. The Morgan fingerprint density at radius 2 is 2.21 bits per heavy atom. The molecule has 1 atom stereocenters. The van der Waals surface area contributed by atoms with Crippen LogP contribution in [0.2, 0.25) is 0 Å². The molecule has 0 fully saturated rings. The number of esters is 1. The van der Waals surface area contributed by atoms with E-state index in [4.69, 9.17) is 9.73 Å². The van der Waals surface area contributed by atoms with Gasteiger partial charge in [-0.3, -0.25) is 9.98 Å². The zero-order valence-corrected chi connectivity index (χ0v) is 16.2. The summed E-state index contributed by atoms with van der Waals surface area (Å²) in [4.78, 5) is 21.6. The number of carbonyl (C=O) groups excluding carboxylic acids is 1. The van der Waals surface area contributed by atoms with Crippen LogP contribution in [0.4, 0.5) is 0 Å². The molecule has 1 aromatic carbocycles. The predicted octanol–water partition coefficient (Wildman–Crippen LogP) is 3.83. The van der Waals surface area contributed by atoms with E-state index in [0.717, 1.165) is 34.6 Å². The van der Waals surface area contributed by atoms with Gasteiger partial charge in [-0.15, -0.1) is 0 Å². The SMILES string of the molecule is CCOC(=O)c1ccc(C)c(-n2cc(C3=NC4(C)CC=CC=C4N=C3)cn2)c1. The van der Waals surface area contributed by atoms with Crippen LogP contribution in [0.15, 0.2) is 64.5 Å². The van der Waals surface area contributed by atoms with Crippen molar-refractivity contribution in [2.75, 3.05) is 6.61 Å². The number of fused-ring (bicyclic) bond motifs is 1. The molecule has 0 radical (unpaired) electrons. The molecule has 0 N–H and O–H groups in total. The smallest absolute Gasteiger partial charge is 0.338 e. The number of benzene rings is 1. The van der Waals surface area contributed by atoms with Crippen molar-refractivity contribution in [3.05, 3.63) is 71.2 Å². The van der Waals surface area contributed by atoms with E-state index in [-0.39, 0.29) is 11.5 Å². The van der Waals surface area contributed by atoms with Gasteiger partial charge >= 0.3 is 5.97 Å². The number of hydrogen-bond acceptors (Lipinski definition) is 5. The molecule has 6 heteroatoms. The first-order chi connectivity index (χ1) is 13.5. The molecule has 0 saturated carbocycles. The number of rotatable bonds is 4. The first-order valence-corrected chi connectivity index (χ1v) is 9.34. The molecule has 1 unspecified atom stereocenters. The van der Waals surface area contributed by atoms with Crippen molar-refractivity contribution >= 4 is 17.9 Å². The van der Waals surface area contributed by atoms with E-state index in [0.29, 0.717) is 12.2 Å². The van der Waals surface area contributed by atoms with Crippen molar-refractivity contribution in [3.63, 3.8) is 0 Å². The minimum absolute atomic E-state index is 0.333. The van der Waals surface area contributed by atoms with Crippen molar-refractivity contribution in [2.45, 2.75) is 32.7 Å². The van der Waals surface area contributed by atoms with Crippen molar-refractivity contribution < 1.29 is 9.53 Å². The summed E-state index contributed by atoms with van der Waals surface area (Å²) in [5, 5.41) is 4.49. The maximum atomic E-state index is 12.1. The highest BCUT2D eigenvalue weighted by atomic mass is 16.5. The van der Waals surface area contributed by atoms with Gasteiger partial charge in [-0.1, -0.05) is 18.2 Å². The van der Waals surface area contributed by atoms with Crippen LogP contribution >= 0.6 is 0 Å². The molecule has 4 rings (SSSR count). The normalized spacial score (nSPS) is 20.4. The highest BCUT2D eigenvalue weighted by Crippen LogP contribution is 2.33. The number of hydrogen-bond donors (Lipinski definition) is 0. The second kappa shape index (κ2) is 7.03. The van der Waals surface area contributed by atoms with Gasteiger partial charge in [0.2, 0.25) is 0 Å². The molecule has 1 aromatic heterocycles. The molecule has 1 aliphatic carbocycles. The van der Waals surface area contributed by atoms with E-state index < -0.39 is 0 Å². The van der Waals surface area contributed by atoms with Gasteiger partial charge in [0.05, 0.1) is 41.7 Å². The first kappa shape index (κ1) is 18.1. The molecule has 1 aliphatic heterocycles. The van der Waals surface area contributed by atoms with Crippen LogP contribution in [-0.4, -0.2) is 39.8 Å². The van der Waals surface area contributed by atoms with Gasteiger partial charge in [0, 0.05) is 11.8 Å². The van der Waals surface area contributed by atoms with Crippen LogP contribution < -0.4 is 0 Å². The number of carbonyl (C=O) groups is 1. The molecule has 0 saturated heterocycles. The summed E-state index contributed by atoms with van der Waals surface area (Å²) < 4.78 is 6.87. The molecular formula is C22H22N4O2. The molecule has 2 heterocycles. The first-order valence-electron chi connectivity index (χ1n) is 9.34. The molecular weight excluding hydrogens is 352 g/mol. The van der Waals surface area contributed by atoms with Crippen LogP contribution in [-0.2, 0) is 4.74 Å². The molecule has 0 bridgehead atoms. The molecule has 2 aromatic rings. The number of nitrogens with zero attached hydrogens (tertiary/aromatic N) is 4. The Kier molecular flexibility index (Phi) is 4.55. The van der Waals surface area contributed by atoms with E-state index in [9.17, 15) is 4.79 Å². The van der Waals surface area contributed by atoms with Gasteiger partial charge in [0.1, 0.15) is 5.54 Å². The fourth-order valence-electron chi connectivity index (χ4n) is 3.37. The van der Waals surface area contributed by atoms with Gasteiger partial charge < -0.3 is 4.74 Å². The average molecular weight is 374 g/mol. The van der Waals surface area contributed by atoms with Crippen LogP contribution in [0.25, 0.3) is 5.69 Å². The van der Waals surface area contributed by atoms with E-state index in [1.54, 1.807) is 36.1 Å². The fourth-order valence-corrected chi connectivity index (χ4v) is 3.37. The summed E-state index contributed by atoms with van der Waals surface area (Å²) in [7, 11) is 0. The van der Waals surface area contributed by atoms with Crippen LogP contribution in [0.1, 0.15) is 41.8 Å². The summed E-state index contributed by atoms with van der Waals surface area (Å²) in [6.45, 7) is 6.22. The Balaban J connectivity index is 1.67. The Bertz CT molecular complexity index is 1060. The molecule has 2 aliphatic rings. The third-order valence-electron chi connectivity index (χ3n) is 5.00. The standard InChI is InChI=1S/C22H22N4O2/c1-4-28-21(27)16-9-8-15(2)19(11-16)26-14-17(12-24-26)18-13-23-20-7-5-6-10-22(20,3)25-18/h5-9,11-14H,4,10H2,1-3H3. The Morgan fingerprint density at radius 1 is 1.36 bits per heavy atom. The summed E-state index contributed by atoms with van der Waals surface area (Å²) in [5.74, 6) is -0.336. The third kappa shape index (κ3) is 3.22. The topological polar surface area (TPSA) is 68.8 Å². The highest BCUT2D eigenvalue weighted by molar-refractivity contribution is 6.39. The maximum absolute atomic E-state index is 12.1. The van der Waals surface area contributed by atoms with Crippen molar-refractivity contribution in [3.8, 4) is 5.69 Å². The van der Waals surface area contributed by atoms with Gasteiger partial charge in [0.15, 0.2) is 0 Å². The molecule has 142 valence electrons. The number of aliphatic imine (C=N–C) groups is 2. The van der Waals surface area contributed by atoms with Crippen molar-refractivity contribution in [2.24, 2.45) is 9.98 Å². The minimum Gasteiger partial charge on any atom is -0.462 e. The summed E-state index contributed by atoms with van der Waals surface area (Å²) in [6, 6.07) is 5.47. The lowest BCUT2D eigenvalue weighted by Gasteiger charge is -2.30. The number of aryl methyl sites for hydroxylation is 1. The number of allylic oxidation sites excluding steroid dienone is 2. The van der Waals surface area contributed by atoms with Gasteiger partial charge in [0.25, 0.3) is 0 Å². The number of ether oxygens (including phenoxy) is 1. The minimum atomic E-state index is -0.336. The quantitative estimate of drug-likeness (QED) is 0.764. The van der Waals surface area contributed by atoms with E-state index in [1.807, 2.05) is 31.3 Å². The van der Waals surface area contributed by atoms with Crippen LogP contribution in [0.3, 0.4) is 0 Å². The zero-order valence-electron chi connectivity index (χ0n) is 16.2. The maximum Gasteiger partial charge on any atom is 0.338 e. The summed E-state index contributed by atoms with van der Waals surface area (Å²) in [6.07, 6.45) is 12.4. The predicted molar refractivity (Wildman–Crippen MR) is 110 cm³/mol. The second-order valence-electron chi connectivity index (χ2n) is 7.11. The molecule has 6 nitrogen and oxygen atoms in total. The van der Waals surface area contributed by atoms with Crippen molar-refractivity contribution in [1.82, 2.24) is 9.78 Å². The van der Waals surface area contributed by atoms with Crippen molar-refractivity contribution in [1.29, 1.82) is 0 Å². The summed E-state index contributed by atoms with van der Waals surface area (Å²) in [5.41, 5.74) is 4.69. The van der Waals surface area contributed by atoms with Crippen LogP contribution in [0.5, 0.6) is 0 Å². The number of aromatic nitrogens is 2. The molecule has 0 amide bonds. The zero-order chi connectivity index (χ0) is 19.7. The van der Waals surface area contributed by atoms with E-state index in [2.05, 4.69) is 23.1 Å². The molecule has 0 spiro atoms. The average Bonchev–Trinajstić information content (AvgIpc) is 3.17. The lowest BCUT2D eigenvalue weighted by Crippen LogP contribution is -2.30. The van der Waals surface area contributed by atoms with E-state index >= 15 is 0 Å².